The van der Waals surface area contributed by atoms with Crippen molar-refractivity contribution >= 4 is 11.3 Å². The molecule has 4 heteroatoms. The van der Waals surface area contributed by atoms with Gasteiger partial charge in [0, 0.05) is 30.0 Å². The molecule has 2 nitrogen and oxygen atoms in total. The van der Waals surface area contributed by atoms with Crippen LogP contribution in [0, 0.1) is 18.7 Å². The second kappa shape index (κ2) is 7.66. The van der Waals surface area contributed by atoms with Crippen molar-refractivity contribution in [2.75, 3.05) is 13.1 Å². The van der Waals surface area contributed by atoms with E-state index in [2.05, 4.69) is 29.5 Å². The molecule has 0 saturated carbocycles. The fraction of sp³-hybridized carbons (Fsp3) is 0.471. The summed E-state index contributed by atoms with van der Waals surface area (Å²) in [5.74, 6) is 0.696. The molecule has 0 saturated heterocycles. The van der Waals surface area contributed by atoms with Gasteiger partial charge in [0.25, 0.3) is 0 Å². The first-order valence-corrected chi connectivity index (χ1v) is 8.29. The van der Waals surface area contributed by atoms with Crippen LogP contribution in [0.1, 0.15) is 36.0 Å². The van der Waals surface area contributed by atoms with Gasteiger partial charge in [-0.05, 0) is 37.1 Å². The topological polar surface area (TPSA) is 24.9 Å². The van der Waals surface area contributed by atoms with E-state index in [-0.39, 0.29) is 11.7 Å². The zero-order valence-corrected chi connectivity index (χ0v) is 13.7. The molecule has 0 amide bonds. The van der Waals surface area contributed by atoms with Crippen molar-refractivity contribution in [2.24, 2.45) is 5.92 Å². The van der Waals surface area contributed by atoms with Crippen LogP contribution in [0.4, 0.5) is 4.39 Å². The van der Waals surface area contributed by atoms with Gasteiger partial charge in [0.15, 0.2) is 0 Å². The summed E-state index contributed by atoms with van der Waals surface area (Å²) in [6, 6.07) is 6.93. The Morgan fingerprint density at radius 2 is 2.10 bits per heavy atom. The van der Waals surface area contributed by atoms with Crippen molar-refractivity contribution in [2.45, 2.75) is 33.1 Å². The molecule has 2 aromatic rings. The van der Waals surface area contributed by atoms with Crippen molar-refractivity contribution in [3.8, 4) is 0 Å². The number of hydrogen-bond donors (Lipinski definition) is 1. The van der Waals surface area contributed by atoms with Crippen molar-refractivity contribution < 1.29 is 4.39 Å². The number of thiazole rings is 1. The van der Waals surface area contributed by atoms with E-state index in [1.165, 1.54) is 6.07 Å². The molecule has 0 fully saturated rings. The van der Waals surface area contributed by atoms with Gasteiger partial charge in [-0.2, -0.15) is 0 Å². The molecule has 1 unspecified atom stereocenters. The second-order valence-corrected chi connectivity index (χ2v) is 6.83. The van der Waals surface area contributed by atoms with E-state index < -0.39 is 0 Å². The first-order valence-electron chi connectivity index (χ1n) is 7.41. The number of nitrogens with zero attached hydrogens (tertiary/aromatic N) is 1. The molecule has 1 heterocycles. The van der Waals surface area contributed by atoms with Gasteiger partial charge in [0.05, 0.1) is 5.01 Å². The Balaban J connectivity index is 2.09. The van der Waals surface area contributed by atoms with Gasteiger partial charge in [-0.25, -0.2) is 9.37 Å². The Morgan fingerprint density at radius 1 is 1.29 bits per heavy atom. The Bertz CT molecular complexity index is 565. The monoisotopic (exact) mass is 306 g/mol. The molecular weight excluding hydrogens is 283 g/mol. The highest BCUT2D eigenvalue weighted by atomic mass is 32.1. The van der Waals surface area contributed by atoms with Crippen molar-refractivity contribution in [3.05, 3.63) is 51.7 Å². The molecule has 1 N–H and O–H groups in total. The minimum absolute atomic E-state index is 0.170. The lowest BCUT2D eigenvalue weighted by molar-refractivity contribution is 0.512. The lowest BCUT2D eigenvalue weighted by atomic mass is 9.95. The Hall–Kier alpha value is -1.26. The van der Waals surface area contributed by atoms with Crippen LogP contribution in [-0.2, 0) is 6.42 Å². The van der Waals surface area contributed by atoms with E-state index in [1.807, 2.05) is 13.0 Å². The normalized spacial score (nSPS) is 12.8. The number of rotatable bonds is 7. The minimum Gasteiger partial charge on any atom is -0.316 e. The highest BCUT2D eigenvalue weighted by Crippen LogP contribution is 2.23. The number of halogens is 1. The summed E-state index contributed by atoms with van der Waals surface area (Å²) in [6.07, 6.45) is 0.854. The maximum Gasteiger partial charge on any atom is 0.123 e. The molecule has 0 radical (unpaired) electrons. The zero-order valence-electron chi connectivity index (χ0n) is 12.9. The molecule has 0 aliphatic rings. The van der Waals surface area contributed by atoms with Crippen LogP contribution in [0.2, 0.25) is 0 Å². The van der Waals surface area contributed by atoms with Gasteiger partial charge >= 0.3 is 0 Å². The van der Waals surface area contributed by atoms with Crippen molar-refractivity contribution in [3.63, 3.8) is 0 Å². The molecule has 21 heavy (non-hydrogen) atoms. The van der Waals surface area contributed by atoms with Crippen LogP contribution >= 0.6 is 11.3 Å². The van der Waals surface area contributed by atoms with E-state index >= 15 is 0 Å². The summed E-state index contributed by atoms with van der Waals surface area (Å²) < 4.78 is 13.5. The summed E-state index contributed by atoms with van der Waals surface area (Å²) in [6.45, 7) is 8.21. The van der Waals surface area contributed by atoms with Gasteiger partial charge < -0.3 is 5.32 Å². The predicted molar refractivity (Wildman–Crippen MR) is 87.4 cm³/mol. The SMILES string of the molecule is Cc1csc(CC(CNCC(C)C)c2cccc(F)c2)n1. The van der Waals surface area contributed by atoms with Gasteiger partial charge in [0.2, 0.25) is 0 Å². The summed E-state index contributed by atoms with van der Waals surface area (Å²) >= 11 is 1.68. The van der Waals surface area contributed by atoms with Crippen molar-refractivity contribution in [1.82, 2.24) is 10.3 Å². The van der Waals surface area contributed by atoms with E-state index in [0.29, 0.717) is 5.92 Å². The van der Waals surface area contributed by atoms with Crippen LogP contribution in [0.15, 0.2) is 29.6 Å². The zero-order chi connectivity index (χ0) is 15.2. The summed E-state index contributed by atoms with van der Waals surface area (Å²) in [4.78, 5) is 4.54. The molecule has 0 spiro atoms. The molecule has 2 rings (SSSR count). The number of hydrogen-bond acceptors (Lipinski definition) is 3. The average molecular weight is 306 g/mol. The van der Waals surface area contributed by atoms with Crippen LogP contribution in [0.25, 0.3) is 0 Å². The number of aromatic nitrogens is 1. The molecule has 114 valence electrons. The smallest absolute Gasteiger partial charge is 0.123 e. The van der Waals surface area contributed by atoms with Crippen LogP contribution in [0.3, 0.4) is 0 Å². The minimum atomic E-state index is -0.170. The highest BCUT2D eigenvalue weighted by Gasteiger charge is 2.15. The summed E-state index contributed by atoms with van der Waals surface area (Å²) in [5.41, 5.74) is 2.10. The third kappa shape index (κ3) is 5.21. The first kappa shape index (κ1) is 16.1. The standard InChI is InChI=1S/C17H23FN2S/c1-12(2)9-19-10-15(8-17-20-13(3)11-21-17)14-5-4-6-16(18)7-14/h4-7,11-12,15,19H,8-10H2,1-3H3. The summed E-state index contributed by atoms with van der Waals surface area (Å²) in [7, 11) is 0. The quantitative estimate of drug-likeness (QED) is 0.830. The lowest BCUT2D eigenvalue weighted by Crippen LogP contribution is -2.26. The summed E-state index contributed by atoms with van der Waals surface area (Å²) in [5, 5.41) is 6.67. The Labute approximate surface area is 130 Å². The molecular formula is C17H23FN2S. The Morgan fingerprint density at radius 3 is 2.71 bits per heavy atom. The average Bonchev–Trinajstić information content (AvgIpc) is 2.83. The molecule has 1 aromatic heterocycles. The van der Waals surface area contributed by atoms with E-state index in [1.54, 1.807) is 23.5 Å². The van der Waals surface area contributed by atoms with E-state index in [9.17, 15) is 4.39 Å². The lowest BCUT2D eigenvalue weighted by Gasteiger charge is -2.18. The van der Waals surface area contributed by atoms with Gasteiger partial charge in [-0.1, -0.05) is 26.0 Å². The third-order valence-electron chi connectivity index (χ3n) is 3.35. The second-order valence-electron chi connectivity index (χ2n) is 5.89. The first-order chi connectivity index (χ1) is 10.0. The predicted octanol–water partition coefficient (Wildman–Crippen LogP) is 4.16. The van der Waals surface area contributed by atoms with Crippen molar-refractivity contribution in [1.29, 1.82) is 0 Å². The molecule has 1 aromatic carbocycles. The largest absolute Gasteiger partial charge is 0.316 e. The third-order valence-corrected chi connectivity index (χ3v) is 4.34. The number of benzene rings is 1. The van der Waals surface area contributed by atoms with Gasteiger partial charge in [-0.15, -0.1) is 11.3 Å². The molecule has 0 aliphatic carbocycles. The van der Waals surface area contributed by atoms with Gasteiger partial charge in [0.1, 0.15) is 5.82 Å². The molecule has 1 atom stereocenters. The Kier molecular flexibility index (Phi) is 5.88. The van der Waals surface area contributed by atoms with Crippen LogP contribution in [0.5, 0.6) is 0 Å². The number of aryl methyl sites for hydroxylation is 1. The van der Waals surface area contributed by atoms with E-state index in [4.69, 9.17) is 0 Å². The maximum absolute atomic E-state index is 13.5. The fourth-order valence-electron chi connectivity index (χ4n) is 2.32. The van der Waals surface area contributed by atoms with Crippen LogP contribution < -0.4 is 5.32 Å². The van der Waals surface area contributed by atoms with E-state index in [0.717, 1.165) is 35.8 Å². The molecule has 0 bridgehead atoms. The van der Waals surface area contributed by atoms with Crippen LogP contribution in [-0.4, -0.2) is 18.1 Å². The maximum atomic E-state index is 13.5. The highest BCUT2D eigenvalue weighted by molar-refractivity contribution is 7.09. The molecule has 0 aliphatic heterocycles. The number of nitrogens with one attached hydrogen (secondary N) is 1. The van der Waals surface area contributed by atoms with Gasteiger partial charge in [-0.3, -0.25) is 0 Å². The fourth-order valence-corrected chi connectivity index (χ4v) is 3.18.